The molecule has 0 spiro atoms. The van der Waals surface area contributed by atoms with Gasteiger partial charge in [-0.2, -0.15) is 0 Å². The summed E-state index contributed by atoms with van der Waals surface area (Å²) in [5.74, 6) is 0.428. The van der Waals surface area contributed by atoms with E-state index in [1.54, 1.807) is 11.7 Å². The molecule has 0 saturated carbocycles. The minimum atomic E-state index is -0.339. The molecule has 2 heterocycles. The zero-order chi connectivity index (χ0) is 17.8. The summed E-state index contributed by atoms with van der Waals surface area (Å²) in [5.41, 5.74) is 1.03. The molecule has 132 valence electrons. The maximum absolute atomic E-state index is 12.6. The predicted molar refractivity (Wildman–Crippen MR) is 92.8 cm³/mol. The molecule has 2 aromatic rings. The van der Waals surface area contributed by atoms with Gasteiger partial charge in [0.1, 0.15) is 0 Å². The van der Waals surface area contributed by atoms with Gasteiger partial charge >= 0.3 is 6.03 Å². The van der Waals surface area contributed by atoms with E-state index in [1.165, 1.54) is 16.7 Å². The van der Waals surface area contributed by atoms with Crippen LogP contribution in [0.5, 0.6) is 0 Å². The van der Waals surface area contributed by atoms with Gasteiger partial charge in [-0.25, -0.2) is 9.48 Å². The van der Waals surface area contributed by atoms with Crippen molar-refractivity contribution in [3.8, 4) is 0 Å². The first-order chi connectivity index (χ1) is 12.1. The number of carbonyl (C=O) groups excluding carboxylic acids is 2. The van der Waals surface area contributed by atoms with Crippen molar-refractivity contribution in [3.63, 3.8) is 0 Å². The molecule has 0 unspecified atom stereocenters. The number of benzene rings is 1. The minimum absolute atomic E-state index is 0.113. The molecule has 3 amide bonds. The average Bonchev–Trinajstić information content (AvgIpc) is 3.02. The van der Waals surface area contributed by atoms with Crippen LogP contribution in [-0.4, -0.2) is 48.8 Å². The lowest BCUT2D eigenvalue weighted by atomic mass is 10.0. The molecule has 1 fully saturated rings. The molecule has 8 nitrogen and oxygen atoms in total. The highest BCUT2D eigenvalue weighted by Crippen LogP contribution is 2.27. The maximum Gasteiger partial charge on any atom is 0.324 e. The van der Waals surface area contributed by atoms with Gasteiger partial charge in [0.05, 0.1) is 12.1 Å². The van der Waals surface area contributed by atoms with Crippen LogP contribution in [0.3, 0.4) is 0 Å². The van der Waals surface area contributed by atoms with Gasteiger partial charge in [0.25, 0.3) is 0 Å². The van der Waals surface area contributed by atoms with Gasteiger partial charge in [-0.3, -0.25) is 9.69 Å². The Kier molecular flexibility index (Phi) is 5.32. The quantitative estimate of drug-likeness (QED) is 0.623. The first-order valence-corrected chi connectivity index (χ1v) is 9.11. The molecule has 1 N–H and O–H groups in total. The number of nitrogens with zero attached hydrogens (tertiary/aromatic N) is 5. The van der Waals surface area contributed by atoms with Crippen LogP contribution in [0.25, 0.3) is 0 Å². The fourth-order valence-electron chi connectivity index (χ4n) is 2.73. The Bertz CT molecular complexity index is 750. The van der Waals surface area contributed by atoms with Gasteiger partial charge in [0.2, 0.25) is 11.1 Å². The molecule has 1 aromatic heterocycles. The molecular formula is C16H20N6O2S. The number of aromatic nitrogens is 4. The smallest absolute Gasteiger partial charge is 0.324 e. The zero-order valence-corrected chi connectivity index (χ0v) is 14.9. The second-order valence-corrected chi connectivity index (χ2v) is 6.83. The summed E-state index contributed by atoms with van der Waals surface area (Å²) in [6, 6.07) is 9.17. The summed E-state index contributed by atoms with van der Waals surface area (Å²) in [6.07, 6.45) is 1.12. The standard InChI is InChI=1S/C16H20N6O2S/c1-3-13(11-7-5-4-6-8-11)17-15(24)22-12(9-14(22)23)10-25-16-18-19-20-21(16)2/h4-8,12-13H,3,9-10H2,1-2H3,(H,17,24)/t12-,13-/m1/s1. The number of hydrogen-bond acceptors (Lipinski definition) is 6. The fourth-order valence-corrected chi connectivity index (χ4v) is 3.66. The van der Waals surface area contributed by atoms with Gasteiger partial charge in [-0.1, -0.05) is 49.0 Å². The van der Waals surface area contributed by atoms with Crippen LogP contribution in [0.1, 0.15) is 31.4 Å². The Morgan fingerprint density at radius 1 is 1.40 bits per heavy atom. The highest BCUT2D eigenvalue weighted by Gasteiger charge is 2.41. The largest absolute Gasteiger partial charge is 0.331 e. The van der Waals surface area contributed by atoms with Crippen molar-refractivity contribution < 1.29 is 9.59 Å². The van der Waals surface area contributed by atoms with Gasteiger partial charge in [-0.05, 0) is 22.4 Å². The highest BCUT2D eigenvalue weighted by atomic mass is 32.2. The molecular weight excluding hydrogens is 340 g/mol. The van der Waals surface area contributed by atoms with Gasteiger partial charge in [0.15, 0.2) is 0 Å². The van der Waals surface area contributed by atoms with Gasteiger partial charge in [-0.15, -0.1) is 5.10 Å². The Hall–Kier alpha value is -2.42. The van der Waals surface area contributed by atoms with Crippen molar-refractivity contribution in [2.75, 3.05) is 5.75 Å². The number of carbonyl (C=O) groups is 2. The predicted octanol–water partition coefficient (Wildman–Crippen LogP) is 1.76. The number of thioether (sulfide) groups is 1. The molecule has 0 radical (unpaired) electrons. The van der Waals surface area contributed by atoms with Gasteiger partial charge in [0, 0.05) is 19.2 Å². The Labute approximate surface area is 150 Å². The first kappa shape index (κ1) is 17.4. The van der Waals surface area contributed by atoms with E-state index in [2.05, 4.69) is 20.8 Å². The van der Waals surface area contributed by atoms with E-state index in [-0.39, 0.29) is 24.0 Å². The summed E-state index contributed by atoms with van der Waals surface area (Å²) in [7, 11) is 1.75. The number of hydrogen-bond donors (Lipinski definition) is 1. The lowest BCUT2D eigenvalue weighted by Crippen LogP contribution is -2.60. The summed E-state index contributed by atoms with van der Waals surface area (Å²) >= 11 is 1.43. The van der Waals surface area contributed by atoms with E-state index in [1.807, 2.05) is 37.3 Å². The summed E-state index contributed by atoms with van der Waals surface area (Å²) < 4.78 is 1.57. The monoisotopic (exact) mass is 360 g/mol. The number of nitrogens with one attached hydrogen (secondary N) is 1. The molecule has 25 heavy (non-hydrogen) atoms. The third kappa shape index (κ3) is 3.81. The maximum atomic E-state index is 12.6. The van der Waals surface area contributed by atoms with E-state index in [4.69, 9.17) is 0 Å². The van der Waals surface area contributed by atoms with E-state index < -0.39 is 0 Å². The molecule has 3 rings (SSSR count). The number of aryl methyl sites for hydroxylation is 1. The van der Waals surface area contributed by atoms with Crippen LogP contribution in [0, 0.1) is 0 Å². The molecule has 2 atom stereocenters. The zero-order valence-electron chi connectivity index (χ0n) is 14.1. The lowest BCUT2D eigenvalue weighted by molar-refractivity contribution is -0.139. The average molecular weight is 360 g/mol. The van der Waals surface area contributed by atoms with Crippen LogP contribution < -0.4 is 5.32 Å². The van der Waals surface area contributed by atoms with Crippen molar-refractivity contribution in [2.24, 2.45) is 7.05 Å². The Balaban J connectivity index is 1.60. The number of rotatable bonds is 6. The Morgan fingerprint density at radius 2 is 2.16 bits per heavy atom. The number of amides is 3. The minimum Gasteiger partial charge on any atom is -0.331 e. The third-order valence-electron chi connectivity index (χ3n) is 4.16. The Morgan fingerprint density at radius 3 is 2.76 bits per heavy atom. The van der Waals surface area contributed by atoms with Crippen molar-refractivity contribution >= 4 is 23.7 Å². The second kappa shape index (κ2) is 7.64. The number of urea groups is 1. The number of imide groups is 1. The fraction of sp³-hybridized carbons (Fsp3) is 0.438. The molecule has 9 heteroatoms. The molecule has 0 aliphatic carbocycles. The van der Waals surface area contributed by atoms with E-state index in [9.17, 15) is 9.59 Å². The molecule has 1 aliphatic heterocycles. The van der Waals surface area contributed by atoms with Crippen molar-refractivity contribution in [1.29, 1.82) is 0 Å². The molecule has 1 aromatic carbocycles. The second-order valence-electron chi connectivity index (χ2n) is 5.84. The van der Waals surface area contributed by atoms with Crippen molar-refractivity contribution in [3.05, 3.63) is 35.9 Å². The third-order valence-corrected chi connectivity index (χ3v) is 5.31. The highest BCUT2D eigenvalue weighted by molar-refractivity contribution is 7.99. The van der Waals surface area contributed by atoms with Crippen LogP contribution in [-0.2, 0) is 11.8 Å². The van der Waals surface area contributed by atoms with Crippen molar-refractivity contribution in [1.82, 2.24) is 30.4 Å². The normalized spacial score (nSPS) is 17.9. The van der Waals surface area contributed by atoms with Crippen molar-refractivity contribution in [2.45, 2.75) is 37.0 Å². The lowest BCUT2D eigenvalue weighted by Gasteiger charge is -2.39. The van der Waals surface area contributed by atoms with E-state index >= 15 is 0 Å². The van der Waals surface area contributed by atoms with E-state index in [0.717, 1.165) is 12.0 Å². The number of β-lactam (4-membered cyclic amide) rings is 1. The topological polar surface area (TPSA) is 93.0 Å². The molecule has 0 bridgehead atoms. The molecule has 1 saturated heterocycles. The SMILES string of the molecule is CC[C@@H](NC(=O)N1C(=O)C[C@@H]1CSc1nnnn1C)c1ccccc1. The summed E-state index contributed by atoms with van der Waals surface area (Å²) in [5, 5.41) is 14.9. The van der Waals surface area contributed by atoms with Crippen LogP contribution in [0.15, 0.2) is 35.5 Å². The van der Waals surface area contributed by atoms with Crippen LogP contribution in [0.4, 0.5) is 4.79 Å². The summed E-state index contributed by atoms with van der Waals surface area (Å²) in [4.78, 5) is 25.8. The van der Waals surface area contributed by atoms with Gasteiger partial charge < -0.3 is 5.32 Å². The van der Waals surface area contributed by atoms with E-state index in [0.29, 0.717) is 17.3 Å². The first-order valence-electron chi connectivity index (χ1n) is 8.12. The number of likely N-dealkylation sites (tertiary alicyclic amines) is 1. The van der Waals surface area contributed by atoms with Crippen LogP contribution in [0.2, 0.25) is 0 Å². The van der Waals surface area contributed by atoms with Crippen LogP contribution >= 0.6 is 11.8 Å². The molecule has 1 aliphatic rings. The number of tetrazole rings is 1. The summed E-state index contributed by atoms with van der Waals surface area (Å²) in [6.45, 7) is 2.00.